The molecule has 0 spiro atoms. The summed E-state index contributed by atoms with van der Waals surface area (Å²) in [6.45, 7) is 7.91. The number of nitrogens with zero attached hydrogens (tertiary/aromatic N) is 2. The highest BCUT2D eigenvalue weighted by molar-refractivity contribution is 7.09. The number of hydrogen-bond acceptors (Lipinski definition) is 6. The van der Waals surface area contributed by atoms with Crippen molar-refractivity contribution in [3.63, 3.8) is 0 Å². The van der Waals surface area contributed by atoms with Gasteiger partial charge in [-0.15, -0.1) is 11.3 Å². The first-order valence-electron chi connectivity index (χ1n) is 10.1. The zero-order chi connectivity index (χ0) is 18.5. The monoisotopic (exact) mass is 385 g/mol. The topological polar surface area (TPSA) is 42.6 Å². The predicted molar refractivity (Wildman–Crippen MR) is 112 cm³/mol. The van der Waals surface area contributed by atoms with Gasteiger partial charge in [-0.1, -0.05) is 43.3 Å². The molecule has 5 nitrogen and oxygen atoms in total. The van der Waals surface area contributed by atoms with Gasteiger partial charge >= 0.3 is 0 Å². The largest absolute Gasteiger partial charge is 0.299 e. The van der Waals surface area contributed by atoms with Crippen LogP contribution >= 0.6 is 11.3 Å². The Balaban J connectivity index is 1.46. The molecule has 3 unspecified atom stereocenters. The van der Waals surface area contributed by atoms with Crippen LogP contribution in [0.15, 0.2) is 47.8 Å². The quantitative estimate of drug-likeness (QED) is 0.652. The molecular weight excluding hydrogens is 354 g/mol. The molecule has 0 radical (unpaired) electrons. The second-order valence-electron chi connectivity index (χ2n) is 7.61. The number of hydrogen-bond donors (Lipinski definition) is 3. The fourth-order valence-electron chi connectivity index (χ4n) is 4.44. The number of thiophene rings is 1. The third-order valence-electron chi connectivity index (χ3n) is 5.83. The minimum absolute atomic E-state index is 0.280. The molecule has 2 aliphatic rings. The number of rotatable bonds is 8. The van der Waals surface area contributed by atoms with Gasteiger partial charge in [-0.2, -0.15) is 5.53 Å². The van der Waals surface area contributed by atoms with E-state index in [1.165, 1.54) is 29.8 Å². The summed E-state index contributed by atoms with van der Waals surface area (Å²) in [5.74, 6) is 0. The van der Waals surface area contributed by atoms with Gasteiger partial charge in [-0.25, -0.2) is 10.9 Å². The molecule has 27 heavy (non-hydrogen) atoms. The third-order valence-corrected chi connectivity index (χ3v) is 6.70. The average molecular weight is 386 g/mol. The van der Waals surface area contributed by atoms with Gasteiger partial charge in [0.2, 0.25) is 0 Å². The molecule has 2 fully saturated rings. The van der Waals surface area contributed by atoms with Crippen LogP contribution in [0.2, 0.25) is 0 Å². The molecule has 1 aromatic heterocycles. The maximum absolute atomic E-state index is 3.45. The summed E-state index contributed by atoms with van der Waals surface area (Å²) in [5.41, 5.74) is 11.3. The van der Waals surface area contributed by atoms with E-state index in [4.69, 9.17) is 0 Å². The molecule has 6 heteroatoms. The second kappa shape index (κ2) is 9.28. The van der Waals surface area contributed by atoms with Crippen molar-refractivity contribution in [1.82, 2.24) is 26.2 Å². The van der Waals surface area contributed by atoms with Crippen LogP contribution in [-0.2, 0) is 6.54 Å². The molecule has 2 aliphatic heterocycles. The van der Waals surface area contributed by atoms with Gasteiger partial charge in [0.15, 0.2) is 0 Å². The first-order valence-corrected chi connectivity index (χ1v) is 11.0. The Morgan fingerprint density at radius 3 is 2.78 bits per heavy atom. The molecule has 4 rings (SSSR count). The number of hydrazine groups is 2. The van der Waals surface area contributed by atoms with E-state index in [2.05, 4.69) is 81.0 Å². The van der Waals surface area contributed by atoms with Crippen LogP contribution in [0.3, 0.4) is 0 Å². The van der Waals surface area contributed by atoms with Crippen LogP contribution in [-0.4, -0.2) is 48.1 Å². The Morgan fingerprint density at radius 1 is 1.11 bits per heavy atom. The zero-order valence-electron chi connectivity index (χ0n) is 16.1. The lowest BCUT2D eigenvalue weighted by Crippen LogP contribution is -2.46. The zero-order valence-corrected chi connectivity index (χ0v) is 16.9. The van der Waals surface area contributed by atoms with Gasteiger partial charge in [0.05, 0.1) is 12.1 Å². The van der Waals surface area contributed by atoms with Gasteiger partial charge in [0.25, 0.3) is 0 Å². The van der Waals surface area contributed by atoms with Gasteiger partial charge < -0.3 is 0 Å². The molecule has 146 valence electrons. The number of nitrogens with one attached hydrogen (secondary N) is 3. The standard InChI is InChI=1S/C21H31N5S/c1-2-26-12-6-10-18(26)14-25(15-19-11-7-13-27-19)16-20-21(23-24-22-20)17-8-4-3-5-9-17/h3-5,7-9,11,13,18,20-24H,2,6,10,12,14-16H2,1H3. The van der Waals surface area contributed by atoms with E-state index in [1.807, 2.05) is 11.3 Å². The molecule has 0 amide bonds. The highest BCUT2D eigenvalue weighted by Gasteiger charge is 2.32. The molecule has 0 saturated carbocycles. The predicted octanol–water partition coefficient (Wildman–Crippen LogP) is 2.76. The van der Waals surface area contributed by atoms with Crippen LogP contribution in [0.4, 0.5) is 0 Å². The Bertz CT molecular complexity index is 677. The smallest absolute Gasteiger partial charge is 0.0655 e. The van der Waals surface area contributed by atoms with E-state index in [0.717, 1.165) is 26.2 Å². The first kappa shape index (κ1) is 19.1. The maximum Gasteiger partial charge on any atom is 0.0655 e. The van der Waals surface area contributed by atoms with Crippen molar-refractivity contribution >= 4 is 11.3 Å². The van der Waals surface area contributed by atoms with Crippen molar-refractivity contribution in [2.24, 2.45) is 0 Å². The fourth-order valence-corrected chi connectivity index (χ4v) is 5.19. The maximum atomic E-state index is 3.45. The van der Waals surface area contributed by atoms with Crippen molar-refractivity contribution in [3.8, 4) is 0 Å². The second-order valence-corrected chi connectivity index (χ2v) is 8.64. The first-order chi connectivity index (χ1) is 13.3. The Morgan fingerprint density at radius 2 is 2.00 bits per heavy atom. The third kappa shape index (κ3) is 4.77. The summed E-state index contributed by atoms with van der Waals surface area (Å²) >= 11 is 1.86. The normalized spacial score (nSPS) is 26.2. The summed E-state index contributed by atoms with van der Waals surface area (Å²) < 4.78 is 0. The number of likely N-dealkylation sites (tertiary alicyclic amines) is 1. The Kier molecular flexibility index (Phi) is 6.55. The molecule has 2 saturated heterocycles. The number of benzene rings is 1. The molecule has 1 aromatic carbocycles. The summed E-state index contributed by atoms with van der Waals surface area (Å²) in [4.78, 5) is 6.74. The van der Waals surface area contributed by atoms with Crippen LogP contribution < -0.4 is 16.4 Å². The molecule has 3 N–H and O–H groups in total. The highest BCUT2D eigenvalue weighted by atomic mass is 32.1. The lowest BCUT2D eigenvalue weighted by molar-refractivity contribution is 0.159. The molecular formula is C21H31N5S. The molecule has 3 atom stereocenters. The fraction of sp³-hybridized carbons (Fsp3) is 0.524. The van der Waals surface area contributed by atoms with Crippen LogP contribution in [0.1, 0.15) is 36.2 Å². The van der Waals surface area contributed by atoms with E-state index < -0.39 is 0 Å². The van der Waals surface area contributed by atoms with Crippen molar-refractivity contribution < 1.29 is 0 Å². The van der Waals surface area contributed by atoms with Crippen LogP contribution in [0, 0.1) is 0 Å². The Hall–Kier alpha value is -1.28. The highest BCUT2D eigenvalue weighted by Crippen LogP contribution is 2.23. The lowest BCUT2D eigenvalue weighted by Gasteiger charge is -2.32. The van der Waals surface area contributed by atoms with Gasteiger partial charge in [0.1, 0.15) is 0 Å². The molecule has 2 aromatic rings. The van der Waals surface area contributed by atoms with E-state index in [9.17, 15) is 0 Å². The molecule has 0 aliphatic carbocycles. The molecule has 3 heterocycles. The summed E-state index contributed by atoms with van der Waals surface area (Å²) in [5, 5.41) is 2.19. The van der Waals surface area contributed by atoms with Crippen molar-refractivity contribution in [2.75, 3.05) is 26.2 Å². The summed E-state index contributed by atoms with van der Waals surface area (Å²) in [6.07, 6.45) is 2.66. The SMILES string of the molecule is CCN1CCCC1CN(Cc1cccs1)CC1NNNC1c1ccccc1. The van der Waals surface area contributed by atoms with E-state index in [0.29, 0.717) is 12.1 Å². The van der Waals surface area contributed by atoms with Crippen molar-refractivity contribution in [2.45, 2.75) is 44.4 Å². The minimum Gasteiger partial charge on any atom is -0.299 e. The van der Waals surface area contributed by atoms with Gasteiger partial charge in [-0.3, -0.25) is 9.80 Å². The van der Waals surface area contributed by atoms with Crippen molar-refractivity contribution in [3.05, 3.63) is 58.3 Å². The van der Waals surface area contributed by atoms with E-state index >= 15 is 0 Å². The van der Waals surface area contributed by atoms with E-state index in [1.54, 1.807) is 0 Å². The average Bonchev–Trinajstić information content (AvgIpc) is 3.44. The molecule has 0 bridgehead atoms. The van der Waals surface area contributed by atoms with Crippen LogP contribution in [0.25, 0.3) is 0 Å². The van der Waals surface area contributed by atoms with Crippen LogP contribution in [0.5, 0.6) is 0 Å². The van der Waals surface area contributed by atoms with Gasteiger partial charge in [0, 0.05) is 30.6 Å². The van der Waals surface area contributed by atoms with Gasteiger partial charge in [-0.05, 0) is 42.9 Å². The number of likely N-dealkylation sites (N-methyl/N-ethyl adjacent to an activating group) is 1. The summed E-state index contributed by atoms with van der Waals surface area (Å²) in [7, 11) is 0. The summed E-state index contributed by atoms with van der Waals surface area (Å²) in [6, 6.07) is 16.5. The Labute approximate surface area is 166 Å². The lowest BCUT2D eigenvalue weighted by atomic mass is 10.00. The minimum atomic E-state index is 0.280. The van der Waals surface area contributed by atoms with Crippen molar-refractivity contribution in [1.29, 1.82) is 0 Å². The van der Waals surface area contributed by atoms with E-state index in [-0.39, 0.29) is 6.04 Å².